The summed E-state index contributed by atoms with van der Waals surface area (Å²) in [4.78, 5) is 14.5. The zero-order valence-corrected chi connectivity index (χ0v) is 15.5. The Morgan fingerprint density at radius 3 is 2.46 bits per heavy atom. The van der Waals surface area contributed by atoms with Crippen LogP contribution < -0.4 is 10.1 Å². The molecule has 0 unspecified atom stereocenters. The first kappa shape index (κ1) is 18.5. The Morgan fingerprint density at radius 2 is 1.77 bits per heavy atom. The SMILES string of the molecule is CC1CCN(Cc2ccc(NC(=O)CCOc3ccccc3)cc2)CC1. The molecule has 0 atom stereocenters. The van der Waals surface area contributed by atoms with Crippen LogP contribution in [0.3, 0.4) is 0 Å². The van der Waals surface area contributed by atoms with Crippen LogP contribution in [0.2, 0.25) is 0 Å². The number of ether oxygens (including phenoxy) is 1. The number of hydrogen-bond donors (Lipinski definition) is 1. The lowest BCUT2D eigenvalue weighted by Gasteiger charge is -2.30. The van der Waals surface area contributed by atoms with Crippen LogP contribution in [0, 0.1) is 5.92 Å². The first-order valence-corrected chi connectivity index (χ1v) is 9.48. The van der Waals surface area contributed by atoms with Gasteiger partial charge in [-0.2, -0.15) is 0 Å². The van der Waals surface area contributed by atoms with Crippen molar-refractivity contribution in [2.24, 2.45) is 5.92 Å². The zero-order valence-electron chi connectivity index (χ0n) is 15.5. The predicted octanol–water partition coefficient (Wildman–Crippen LogP) is 4.33. The first-order chi connectivity index (χ1) is 12.7. The number of nitrogens with zero attached hydrogens (tertiary/aromatic N) is 1. The summed E-state index contributed by atoms with van der Waals surface area (Å²) < 4.78 is 5.56. The number of anilines is 1. The van der Waals surface area contributed by atoms with E-state index >= 15 is 0 Å². The molecule has 1 heterocycles. The van der Waals surface area contributed by atoms with Crippen molar-refractivity contribution >= 4 is 11.6 Å². The van der Waals surface area contributed by atoms with Crippen molar-refractivity contribution in [3.8, 4) is 5.75 Å². The van der Waals surface area contributed by atoms with Gasteiger partial charge in [0.15, 0.2) is 0 Å². The van der Waals surface area contributed by atoms with Gasteiger partial charge in [-0.1, -0.05) is 37.3 Å². The van der Waals surface area contributed by atoms with Crippen molar-refractivity contribution in [2.45, 2.75) is 32.7 Å². The molecule has 0 spiro atoms. The molecule has 1 saturated heterocycles. The van der Waals surface area contributed by atoms with Crippen LogP contribution in [0.15, 0.2) is 54.6 Å². The molecule has 0 aromatic heterocycles. The second-order valence-electron chi connectivity index (χ2n) is 7.12. The topological polar surface area (TPSA) is 41.6 Å². The van der Waals surface area contributed by atoms with Gasteiger partial charge in [-0.05, 0) is 61.7 Å². The molecule has 0 radical (unpaired) electrons. The average Bonchev–Trinajstić information content (AvgIpc) is 2.66. The number of carbonyl (C=O) groups is 1. The Morgan fingerprint density at radius 1 is 1.08 bits per heavy atom. The molecule has 1 aliphatic heterocycles. The minimum Gasteiger partial charge on any atom is -0.493 e. The number of likely N-dealkylation sites (tertiary alicyclic amines) is 1. The van der Waals surface area contributed by atoms with Crippen molar-refractivity contribution in [3.05, 3.63) is 60.2 Å². The molecule has 4 nitrogen and oxygen atoms in total. The van der Waals surface area contributed by atoms with Gasteiger partial charge >= 0.3 is 0 Å². The molecule has 138 valence electrons. The van der Waals surface area contributed by atoms with Crippen LogP contribution in [-0.2, 0) is 11.3 Å². The third-order valence-electron chi connectivity index (χ3n) is 4.86. The predicted molar refractivity (Wildman–Crippen MR) is 105 cm³/mol. The van der Waals surface area contributed by atoms with Crippen LogP contribution in [0.1, 0.15) is 31.7 Å². The van der Waals surface area contributed by atoms with E-state index in [4.69, 9.17) is 4.74 Å². The Labute approximate surface area is 156 Å². The molecule has 2 aromatic rings. The van der Waals surface area contributed by atoms with Crippen molar-refractivity contribution in [1.82, 2.24) is 4.90 Å². The minimum atomic E-state index is -0.0290. The van der Waals surface area contributed by atoms with Gasteiger partial charge in [-0.3, -0.25) is 9.69 Å². The summed E-state index contributed by atoms with van der Waals surface area (Å²) in [7, 11) is 0. The zero-order chi connectivity index (χ0) is 18.2. The number of carbonyl (C=O) groups excluding carboxylic acids is 1. The number of rotatable bonds is 7. The molecule has 1 N–H and O–H groups in total. The second kappa shape index (κ2) is 9.39. The molecule has 4 heteroatoms. The Hall–Kier alpha value is -2.33. The molecular formula is C22H28N2O2. The highest BCUT2D eigenvalue weighted by Crippen LogP contribution is 2.19. The van der Waals surface area contributed by atoms with Gasteiger partial charge in [0.1, 0.15) is 5.75 Å². The first-order valence-electron chi connectivity index (χ1n) is 9.48. The Bertz CT molecular complexity index is 677. The van der Waals surface area contributed by atoms with Gasteiger partial charge in [0.25, 0.3) is 0 Å². The molecule has 0 saturated carbocycles. The molecule has 0 aliphatic carbocycles. The second-order valence-corrected chi connectivity index (χ2v) is 7.12. The quantitative estimate of drug-likeness (QED) is 0.806. The highest BCUT2D eigenvalue weighted by Gasteiger charge is 2.15. The number of amides is 1. The van der Waals surface area contributed by atoms with Gasteiger partial charge in [0.2, 0.25) is 5.91 Å². The van der Waals surface area contributed by atoms with E-state index in [0.29, 0.717) is 13.0 Å². The monoisotopic (exact) mass is 352 g/mol. The van der Waals surface area contributed by atoms with Gasteiger partial charge in [0.05, 0.1) is 13.0 Å². The summed E-state index contributed by atoms with van der Waals surface area (Å²) in [5, 5.41) is 2.93. The lowest BCUT2D eigenvalue weighted by atomic mass is 9.99. The standard InChI is InChI=1S/C22H28N2O2/c1-18-11-14-24(15-12-18)17-19-7-9-20(10-8-19)23-22(25)13-16-26-21-5-3-2-4-6-21/h2-10,18H,11-17H2,1H3,(H,23,25). The molecule has 2 aromatic carbocycles. The molecule has 26 heavy (non-hydrogen) atoms. The number of nitrogens with one attached hydrogen (secondary N) is 1. The van der Waals surface area contributed by atoms with Crippen LogP contribution in [0.5, 0.6) is 5.75 Å². The fourth-order valence-corrected chi connectivity index (χ4v) is 3.17. The van der Waals surface area contributed by atoms with Crippen molar-refractivity contribution in [1.29, 1.82) is 0 Å². The van der Waals surface area contributed by atoms with E-state index in [1.54, 1.807) is 0 Å². The molecule has 1 aliphatic rings. The highest BCUT2D eigenvalue weighted by molar-refractivity contribution is 5.90. The number of hydrogen-bond acceptors (Lipinski definition) is 3. The maximum atomic E-state index is 12.0. The van der Waals surface area contributed by atoms with Crippen LogP contribution >= 0.6 is 0 Å². The Kier molecular flexibility index (Phi) is 6.67. The van der Waals surface area contributed by atoms with Crippen LogP contribution in [0.25, 0.3) is 0 Å². The summed E-state index contributed by atoms with van der Waals surface area (Å²) in [6.45, 7) is 6.06. The molecule has 1 fully saturated rings. The molecular weight excluding hydrogens is 324 g/mol. The van der Waals surface area contributed by atoms with Crippen molar-refractivity contribution < 1.29 is 9.53 Å². The van der Waals surface area contributed by atoms with E-state index in [9.17, 15) is 4.79 Å². The number of piperidine rings is 1. The van der Waals surface area contributed by atoms with E-state index in [1.807, 2.05) is 42.5 Å². The lowest BCUT2D eigenvalue weighted by molar-refractivity contribution is -0.116. The van der Waals surface area contributed by atoms with Crippen molar-refractivity contribution in [3.63, 3.8) is 0 Å². The third kappa shape index (κ3) is 5.88. The van der Waals surface area contributed by atoms with E-state index in [1.165, 1.54) is 31.5 Å². The number of para-hydroxylation sites is 1. The van der Waals surface area contributed by atoms with Gasteiger partial charge < -0.3 is 10.1 Å². The van der Waals surface area contributed by atoms with Gasteiger partial charge in [-0.15, -0.1) is 0 Å². The highest BCUT2D eigenvalue weighted by atomic mass is 16.5. The third-order valence-corrected chi connectivity index (χ3v) is 4.86. The largest absolute Gasteiger partial charge is 0.493 e. The van der Waals surface area contributed by atoms with Crippen LogP contribution in [0.4, 0.5) is 5.69 Å². The summed E-state index contributed by atoms with van der Waals surface area (Å²) >= 11 is 0. The molecule has 0 bridgehead atoms. The maximum Gasteiger partial charge on any atom is 0.227 e. The van der Waals surface area contributed by atoms with Gasteiger partial charge in [-0.25, -0.2) is 0 Å². The van der Waals surface area contributed by atoms with E-state index in [2.05, 4.69) is 29.3 Å². The van der Waals surface area contributed by atoms with Crippen molar-refractivity contribution in [2.75, 3.05) is 25.0 Å². The maximum absolute atomic E-state index is 12.0. The van der Waals surface area contributed by atoms with Gasteiger partial charge in [0, 0.05) is 12.2 Å². The summed E-state index contributed by atoms with van der Waals surface area (Å²) in [5.41, 5.74) is 2.13. The lowest BCUT2D eigenvalue weighted by Crippen LogP contribution is -2.32. The van der Waals surface area contributed by atoms with E-state index in [0.717, 1.165) is 23.9 Å². The minimum absolute atomic E-state index is 0.0290. The average molecular weight is 352 g/mol. The molecule has 3 rings (SSSR count). The number of benzene rings is 2. The van der Waals surface area contributed by atoms with Crippen LogP contribution in [-0.4, -0.2) is 30.5 Å². The fraction of sp³-hybridized carbons (Fsp3) is 0.409. The fourth-order valence-electron chi connectivity index (χ4n) is 3.17. The summed E-state index contributed by atoms with van der Waals surface area (Å²) in [5.74, 6) is 1.62. The summed E-state index contributed by atoms with van der Waals surface area (Å²) in [6.07, 6.45) is 2.92. The summed E-state index contributed by atoms with van der Waals surface area (Å²) in [6, 6.07) is 17.7. The smallest absolute Gasteiger partial charge is 0.227 e. The molecule has 1 amide bonds. The normalized spacial score (nSPS) is 15.6. The van der Waals surface area contributed by atoms with E-state index < -0.39 is 0 Å². The Balaban J connectivity index is 1.40. The van der Waals surface area contributed by atoms with E-state index in [-0.39, 0.29) is 5.91 Å².